The molecule has 2 unspecified atom stereocenters. The van der Waals surface area contributed by atoms with Crippen molar-refractivity contribution in [3.05, 3.63) is 11.1 Å². The summed E-state index contributed by atoms with van der Waals surface area (Å²) in [5.41, 5.74) is 0.617. The summed E-state index contributed by atoms with van der Waals surface area (Å²) < 4.78 is 0. The number of Topliss-reactive ketones (excluding diaryl/α,β-unsaturated/α-hetero) is 3. The molecule has 0 amide bonds. The van der Waals surface area contributed by atoms with Gasteiger partial charge in [-0.25, -0.2) is 0 Å². The fourth-order valence-corrected chi connectivity index (χ4v) is 5.70. The van der Waals surface area contributed by atoms with Crippen molar-refractivity contribution in [3.63, 3.8) is 0 Å². The largest absolute Gasteiger partial charge is 0.382 e. The Kier molecular flexibility index (Phi) is 3.20. The van der Waals surface area contributed by atoms with Crippen LogP contribution in [0.1, 0.15) is 45.4 Å². The molecule has 0 aromatic heterocycles. The van der Waals surface area contributed by atoms with Gasteiger partial charge in [0.15, 0.2) is 11.6 Å². The Labute approximate surface area is 134 Å². The lowest BCUT2D eigenvalue weighted by atomic mass is 9.54. The molecule has 0 spiro atoms. The number of hydrogen-bond donors (Lipinski definition) is 2. The average Bonchev–Trinajstić information content (AvgIpc) is 2.85. The van der Waals surface area contributed by atoms with Crippen molar-refractivity contribution in [1.29, 1.82) is 0 Å². The van der Waals surface area contributed by atoms with Crippen LogP contribution in [0.2, 0.25) is 0 Å². The Morgan fingerprint density at radius 2 is 1.65 bits per heavy atom. The van der Waals surface area contributed by atoms with Gasteiger partial charge in [0, 0.05) is 23.0 Å². The Morgan fingerprint density at radius 1 is 0.957 bits per heavy atom. The quantitative estimate of drug-likeness (QED) is 0.694. The first-order valence-electron chi connectivity index (χ1n) is 8.57. The van der Waals surface area contributed by atoms with Crippen LogP contribution >= 0.6 is 0 Å². The van der Waals surface area contributed by atoms with Gasteiger partial charge in [0.1, 0.15) is 18.0 Å². The van der Waals surface area contributed by atoms with Gasteiger partial charge in [-0.2, -0.15) is 0 Å². The zero-order chi connectivity index (χ0) is 16.5. The maximum absolute atomic E-state index is 12.5. The maximum atomic E-state index is 12.5. The van der Waals surface area contributed by atoms with Crippen LogP contribution in [0.3, 0.4) is 0 Å². The number of carbonyl (C=O) groups is 3. The second-order valence-electron chi connectivity index (χ2n) is 7.84. The number of fused-ring (bicyclic) bond motifs is 4. The third-order valence-corrected chi connectivity index (χ3v) is 6.97. The predicted molar refractivity (Wildman–Crippen MR) is 80.3 cm³/mol. The van der Waals surface area contributed by atoms with Gasteiger partial charge >= 0.3 is 0 Å². The summed E-state index contributed by atoms with van der Waals surface area (Å²) in [7, 11) is 0. The number of ketones is 3. The average molecular weight is 318 g/mol. The van der Waals surface area contributed by atoms with Gasteiger partial charge < -0.3 is 10.2 Å². The summed E-state index contributed by atoms with van der Waals surface area (Å²) in [5.74, 6) is -0.160. The van der Waals surface area contributed by atoms with Crippen molar-refractivity contribution in [2.45, 2.75) is 57.7 Å². The first-order valence-corrected chi connectivity index (χ1v) is 8.57. The Morgan fingerprint density at radius 3 is 2.39 bits per heavy atom. The molecule has 2 fully saturated rings. The van der Waals surface area contributed by atoms with E-state index in [2.05, 4.69) is 6.92 Å². The molecular weight excluding hydrogens is 296 g/mol. The topological polar surface area (TPSA) is 91.7 Å². The highest BCUT2D eigenvalue weighted by molar-refractivity contribution is 6.16. The Bertz CT molecular complexity index is 648. The molecule has 124 valence electrons. The lowest BCUT2D eigenvalue weighted by Gasteiger charge is -2.49. The van der Waals surface area contributed by atoms with Crippen LogP contribution in [0.5, 0.6) is 0 Å². The molecule has 0 bridgehead atoms. The maximum Gasteiger partial charge on any atom is 0.191 e. The van der Waals surface area contributed by atoms with Crippen molar-refractivity contribution in [1.82, 2.24) is 0 Å². The van der Waals surface area contributed by atoms with Gasteiger partial charge in [0.05, 0.1) is 0 Å². The van der Waals surface area contributed by atoms with Crippen LogP contribution in [0.4, 0.5) is 0 Å². The molecule has 0 aliphatic heterocycles. The van der Waals surface area contributed by atoms with Crippen LogP contribution in [-0.2, 0) is 14.4 Å². The molecule has 4 aliphatic carbocycles. The first-order chi connectivity index (χ1) is 10.9. The summed E-state index contributed by atoms with van der Waals surface area (Å²) in [6.07, 6.45) is 0.971. The molecule has 0 heterocycles. The molecule has 2 saturated carbocycles. The molecule has 5 heteroatoms. The fraction of sp³-hybridized carbons (Fsp3) is 0.722. The van der Waals surface area contributed by atoms with E-state index in [9.17, 15) is 24.6 Å². The van der Waals surface area contributed by atoms with Gasteiger partial charge in [-0.1, -0.05) is 6.92 Å². The molecule has 4 rings (SSSR count). The van der Waals surface area contributed by atoms with Gasteiger partial charge in [0.25, 0.3) is 0 Å². The highest BCUT2D eigenvalue weighted by Crippen LogP contribution is 2.59. The van der Waals surface area contributed by atoms with Gasteiger partial charge in [0.2, 0.25) is 0 Å². The van der Waals surface area contributed by atoms with E-state index in [1.807, 2.05) is 0 Å². The third kappa shape index (κ3) is 1.83. The normalized spacial score (nSPS) is 46.6. The number of aliphatic hydroxyl groups is 2. The second-order valence-corrected chi connectivity index (χ2v) is 7.84. The summed E-state index contributed by atoms with van der Waals surface area (Å²) in [6, 6.07) is 0. The summed E-state index contributed by atoms with van der Waals surface area (Å²) in [6.45, 7) is 2.06. The Hall–Kier alpha value is -1.33. The number of rotatable bonds is 0. The van der Waals surface area contributed by atoms with Crippen LogP contribution < -0.4 is 0 Å². The van der Waals surface area contributed by atoms with Crippen molar-refractivity contribution in [3.8, 4) is 0 Å². The molecule has 0 radical (unpaired) electrons. The zero-order valence-electron chi connectivity index (χ0n) is 13.2. The van der Waals surface area contributed by atoms with E-state index in [4.69, 9.17) is 0 Å². The van der Waals surface area contributed by atoms with E-state index in [1.165, 1.54) is 0 Å². The molecular formula is C18H22O5. The monoisotopic (exact) mass is 318 g/mol. The van der Waals surface area contributed by atoms with Crippen molar-refractivity contribution >= 4 is 17.3 Å². The highest BCUT2D eigenvalue weighted by atomic mass is 16.3. The summed E-state index contributed by atoms with van der Waals surface area (Å²) in [4.78, 5) is 37.1. The highest BCUT2D eigenvalue weighted by Gasteiger charge is 2.57. The smallest absolute Gasteiger partial charge is 0.191 e. The fourth-order valence-electron chi connectivity index (χ4n) is 5.70. The predicted octanol–water partition coefficient (Wildman–Crippen LogP) is 0.962. The molecule has 0 aromatic carbocycles. The molecule has 23 heavy (non-hydrogen) atoms. The third-order valence-electron chi connectivity index (χ3n) is 6.97. The molecule has 6 atom stereocenters. The van der Waals surface area contributed by atoms with Gasteiger partial charge in [-0.15, -0.1) is 0 Å². The Balaban J connectivity index is 1.75. The van der Waals surface area contributed by atoms with Crippen LogP contribution in [0.15, 0.2) is 11.1 Å². The van der Waals surface area contributed by atoms with E-state index in [0.717, 1.165) is 19.3 Å². The van der Waals surface area contributed by atoms with E-state index >= 15 is 0 Å². The van der Waals surface area contributed by atoms with Crippen LogP contribution in [0, 0.1) is 23.2 Å². The van der Waals surface area contributed by atoms with E-state index in [1.54, 1.807) is 0 Å². The van der Waals surface area contributed by atoms with Crippen molar-refractivity contribution in [2.24, 2.45) is 23.2 Å². The standard InChI is InChI=1S/C18H22O5/c1-18-7-6-9-8(11(18)4-5-12(18)19)2-3-10-13(9)15(21)17(23)16(22)14(10)20/h8-9,11,16-17,22-23H,2-7H2,1H3/t8-,9+,11+,16?,17?,18+/m1/s1. The van der Waals surface area contributed by atoms with Crippen molar-refractivity contribution < 1.29 is 24.6 Å². The molecule has 4 aliphatic rings. The lowest BCUT2D eigenvalue weighted by Crippen LogP contribution is -2.52. The molecule has 2 N–H and O–H groups in total. The minimum atomic E-state index is -1.63. The summed E-state index contributed by atoms with van der Waals surface area (Å²) in [5, 5.41) is 19.7. The number of hydrogen-bond acceptors (Lipinski definition) is 5. The number of aliphatic hydroxyl groups excluding tert-OH is 2. The molecule has 0 saturated heterocycles. The van der Waals surface area contributed by atoms with Gasteiger partial charge in [-0.05, 0) is 49.9 Å². The minimum absolute atomic E-state index is 0.0404. The van der Waals surface area contributed by atoms with E-state index < -0.39 is 23.8 Å². The molecule has 0 aromatic rings. The number of carbonyl (C=O) groups excluding carboxylic acids is 3. The van der Waals surface area contributed by atoms with E-state index in [0.29, 0.717) is 36.2 Å². The SMILES string of the molecule is C[C@]12CC[C@@H]3C4=C(CC[C@H]3[C@@H]1CCC2=O)C(=O)C(O)C(O)C4=O. The summed E-state index contributed by atoms with van der Waals surface area (Å²) >= 11 is 0. The minimum Gasteiger partial charge on any atom is -0.382 e. The molecule has 5 nitrogen and oxygen atoms in total. The second kappa shape index (κ2) is 4.84. The first kappa shape index (κ1) is 15.2. The van der Waals surface area contributed by atoms with E-state index in [-0.39, 0.29) is 23.2 Å². The lowest BCUT2D eigenvalue weighted by molar-refractivity contribution is -0.143. The van der Waals surface area contributed by atoms with Crippen LogP contribution in [-0.4, -0.2) is 39.8 Å². The zero-order valence-corrected chi connectivity index (χ0v) is 13.2. The van der Waals surface area contributed by atoms with Gasteiger partial charge in [-0.3, -0.25) is 14.4 Å². The van der Waals surface area contributed by atoms with Crippen molar-refractivity contribution in [2.75, 3.05) is 0 Å². The van der Waals surface area contributed by atoms with Crippen LogP contribution in [0.25, 0.3) is 0 Å².